The van der Waals surface area contributed by atoms with Crippen molar-refractivity contribution < 1.29 is 23.1 Å². The van der Waals surface area contributed by atoms with Gasteiger partial charge in [-0.25, -0.2) is 4.72 Å². The van der Waals surface area contributed by atoms with Crippen LogP contribution in [0.3, 0.4) is 0 Å². The third-order valence-electron chi connectivity index (χ3n) is 3.11. The van der Waals surface area contributed by atoms with Crippen LogP contribution in [0.5, 0.6) is 0 Å². The van der Waals surface area contributed by atoms with Crippen molar-refractivity contribution in [2.75, 3.05) is 26.7 Å². The molecule has 1 aliphatic heterocycles. The highest BCUT2D eigenvalue weighted by atomic mass is 32.2. The first kappa shape index (κ1) is 15.4. The standard InChI is InChI=1S/C10H20N2O5S/c1-8-9(4-6-17-8)7-11-18(15,16)12(2)5-3-10(13)14/h8-9,11H,3-7H2,1-2H3,(H,13,14). The predicted molar refractivity (Wildman–Crippen MR) is 65.3 cm³/mol. The lowest BCUT2D eigenvalue weighted by Crippen LogP contribution is -2.42. The molecule has 0 aromatic heterocycles. The van der Waals surface area contributed by atoms with E-state index >= 15 is 0 Å². The lowest BCUT2D eigenvalue weighted by atomic mass is 10.0. The molecule has 1 saturated heterocycles. The number of hydrogen-bond acceptors (Lipinski definition) is 4. The number of carboxylic acids is 1. The number of hydrogen-bond donors (Lipinski definition) is 2. The van der Waals surface area contributed by atoms with E-state index in [-0.39, 0.29) is 25.0 Å². The molecule has 18 heavy (non-hydrogen) atoms. The highest BCUT2D eigenvalue weighted by molar-refractivity contribution is 7.87. The molecule has 0 saturated carbocycles. The average molecular weight is 280 g/mol. The smallest absolute Gasteiger partial charge is 0.304 e. The molecule has 0 radical (unpaired) electrons. The van der Waals surface area contributed by atoms with Gasteiger partial charge in [0.2, 0.25) is 0 Å². The molecule has 8 heteroatoms. The summed E-state index contributed by atoms with van der Waals surface area (Å²) in [5, 5.41) is 8.51. The van der Waals surface area contributed by atoms with Gasteiger partial charge in [0.1, 0.15) is 0 Å². The van der Waals surface area contributed by atoms with Crippen molar-refractivity contribution in [1.29, 1.82) is 0 Å². The molecule has 2 atom stereocenters. The summed E-state index contributed by atoms with van der Waals surface area (Å²) in [7, 11) is -2.24. The maximum absolute atomic E-state index is 11.8. The fraction of sp³-hybridized carbons (Fsp3) is 0.900. The van der Waals surface area contributed by atoms with E-state index in [1.807, 2.05) is 6.92 Å². The van der Waals surface area contributed by atoms with Gasteiger partial charge in [-0.15, -0.1) is 0 Å². The van der Waals surface area contributed by atoms with Gasteiger partial charge >= 0.3 is 5.97 Å². The molecular formula is C10H20N2O5S. The zero-order valence-electron chi connectivity index (χ0n) is 10.6. The number of aliphatic carboxylic acids is 1. The van der Waals surface area contributed by atoms with E-state index in [4.69, 9.17) is 9.84 Å². The maximum atomic E-state index is 11.8. The Kier molecular flexibility index (Phi) is 5.51. The highest BCUT2D eigenvalue weighted by Gasteiger charge is 2.26. The Morgan fingerprint density at radius 3 is 2.72 bits per heavy atom. The van der Waals surface area contributed by atoms with Crippen LogP contribution in [0.4, 0.5) is 0 Å². The Labute approximate surface area is 107 Å². The summed E-state index contributed by atoms with van der Waals surface area (Å²) < 4.78 is 32.4. The van der Waals surface area contributed by atoms with Gasteiger partial charge in [-0.3, -0.25) is 4.79 Å². The molecule has 0 aromatic rings. The first-order chi connectivity index (χ1) is 8.33. The summed E-state index contributed by atoms with van der Waals surface area (Å²) in [5.41, 5.74) is 0. The fourth-order valence-electron chi connectivity index (χ4n) is 1.74. The lowest BCUT2D eigenvalue weighted by Gasteiger charge is -2.19. The molecule has 1 fully saturated rings. The molecule has 1 heterocycles. The van der Waals surface area contributed by atoms with Gasteiger partial charge in [0.25, 0.3) is 10.2 Å². The first-order valence-corrected chi connectivity index (χ1v) is 7.31. The molecule has 2 unspecified atom stereocenters. The predicted octanol–water partition coefficient (Wildman–Crippen LogP) is -0.348. The second-order valence-corrected chi connectivity index (χ2v) is 6.31. The third-order valence-corrected chi connectivity index (χ3v) is 4.65. The number of rotatable bonds is 7. The number of ether oxygens (including phenoxy) is 1. The minimum Gasteiger partial charge on any atom is -0.481 e. The van der Waals surface area contributed by atoms with Crippen LogP contribution in [-0.2, 0) is 19.7 Å². The molecule has 1 aliphatic rings. The molecule has 0 bridgehead atoms. The van der Waals surface area contributed by atoms with E-state index in [2.05, 4.69) is 4.72 Å². The van der Waals surface area contributed by atoms with Gasteiger partial charge in [-0.1, -0.05) is 0 Å². The van der Waals surface area contributed by atoms with Gasteiger partial charge in [0, 0.05) is 32.7 Å². The summed E-state index contributed by atoms with van der Waals surface area (Å²) in [6, 6.07) is 0. The first-order valence-electron chi connectivity index (χ1n) is 5.87. The monoisotopic (exact) mass is 280 g/mol. The van der Waals surface area contributed by atoms with Gasteiger partial charge in [-0.2, -0.15) is 12.7 Å². The number of nitrogens with one attached hydrogen (secondary N) is 1. The summed E-state index contributed by atoms with van der Waals surface area (Å²) in [6.45, 7) is 2.85. The Hall–Kier alpha value is -0.700. The van der Waals surface area contributed by atoms with Crippen molar-refractivity contribution in [2.45, 2.75) is 25.9 Å². The van der Waals surface area contributed by atoms with E-state index in [1.165, 1.54) is 7.05 Å². The van der Waals surface area contributed by atoms with Crippen LogP contribution in [0.1, 0.15) is 19.8 Å². The van der Waals surface area contributed by atoms with Gasteiger partial charge < -0.3 is 9.84 Å². The van der Waals surface area contributed by atoms with E-state index in [0.717, 1.165) is 10.7 Å². The molecule has 7 nitrogen and oxygen atoms in total. The number of carbonyl (C=O) groups is 1. The average Bonchev–Trinajstić information content (AvgIpc) is 2.69. The van der Waals surface area contributed by atoms with Crippen LogP contribution < -0.4 is 4.72 Å². The van der Waals surface area contributed by atoms with Gasteiger partial charge in [0.05, 0.1) is 12.5 Å². The number of carboxylic acid groups (broad SMARTS) is 1. The van der Waals surface area contributed by atoms with E-state index in [0.29, 0.717) is 13.2 Å². The van der Waals surface area contributed by atoms with Crippen molar-refractivity contribution in [3.63, 3.8) is 0 Å². The Morgan fingerprint density at radius 1 is 1.56 bits per heavy atom. The zero-order chi connectivity index (χ0) is 13.8. The summed E-state index contributed by atoms with van der Waals surface area (Å²) in [4.78, 5) is 10.4. The Morgan fingerprint density at radius 2 is 2.22 bits per heavy atom. The second kappa shape index (κ2) is 6.46. The maximum Gasteiger partial charge on any atom is 0.304 e. The minimum absolute atomic E-state index is 0.0403. The van der Waals surface area contributed by atoms with Crippen molar-refractivity contribution >= 4 is 16.2 Å². The van der Waals surface area contributed by atoms with Crippen molar-refractivity contribution in [2.24, 2.45) is 5.92 Å². The molecule has 2 N–H and O–H groups in total. The van der Waals surface area contributed by atoms with E-state index < -0.39 is 16.2 Å². The molecule has 1 rings (SSSR count). The quantitative estimate of drug-likeness (QED) is 0.664. The molecule has 106 valence electrons. The van der Waals surface area contributed by atoms with Crippen LogP contribution in [0, 0.1) is 5.92 Å². The van der Waals surface area contributed by atoms with Crippen molar-refractivity contribution in [1.82, 2.24) is 9.03 Å². The Balaban J connectivity index is 2.41. The van der Waals surface area contributed by atoms with Gasteiger partial charge in [-0.05, 0) is 13.3 Å². The van der Waals surface area contributed by atoms with Crippen LogP contribution in [0.2, 0.25) is 0 Å². The molecular weight excluding hydrogens is 260 g/mol. The Bertz CT molecular complexity index is 384. The normalized spacial score (nSPS) is 24.6. The third kappa shape index (κ3) is 4.52. The molecule has 0 spiro atoms. The van der Waals surface area contributed by atoms with Gasteiger partial charge in [0.15, 0.2) is 0 Å². The topological polar surface area (TPSA) is 95.9 Å². The van der Waals surface area contributed by atoms with Crippen molar-refractivity contribution in [3.8, 4) is 0 Å². The number of nitrogens with zero attached hydrogens (tertiary/aromatic N) is 1. The highest BCUT2D eigenvalue weighted by Crippen LogP contribution is 2.19. The summed E-state index contributed by atoms with van der Waals surface area (Å²) in [5.74, 6) is -0.845. The zero-order valence-corrected chi connectivity index (χ0v) is 11.4. The minimum atomic E-state index is -3.60. The molecule has 0 aromatic carbocycles. The van der Waals surface area contributed by atoms with E-state index in [1.54, 1.807) is 0 Å². The largest absolute Gasteiger partial charge is 0.481 e. The van der Waals surface area contributed by atoms with Crippen LogP contribution in [-0.4, -0.2) is 56.6 Å². The summed E-state index contributed by atoms with van der Waals surface area (Å²) >= 11 is 0. The van der Waals surface area contributed by atoms with Crippen LogP contribution in [0.25, 0.3) is 0 Å². The van der Waals surface area contributed by atoms with Crippen LogP contribution in [0.15, 0.2) is 0 Å². The SMILES string of the molecule is CC1OCCC1CNS(=O)(=O)N(C)CCC(=O)O. The lowest BCUT2D eigenvalue weighted by molar-refractivity contribution is -0.137. The van der Waals surface area contributed by atoms with E-state index in [9.17, 15) is 13.2 Å². The fourth-order valence-corrected chi connectivity index (χ4v) is 2.72. The summed E-state index contributed by atoms with van der Waals surface area (Å²) in [6.07, 6.45) is 0.681. The molecule has 0 amide bonds. The van der Waals surface area contributed by atoms with Crippen LogP contribution >= 0.6 is 0 Å². The van der Waals surface area contributed by atoms with Crippen molar-refractivity contribution in [3.05, 3.63) is 0 Å². The second-order valence-electron chi connectivity index (χ2n) is 4.44. The molecule has 0 aliphatic carbocycles.